The van der Waals surface area contributed by atoms with Crippen molar-refractivity contribution in [1.82, 2.24) is 5.32 Å². The average Bonchev–Trinajstić information content (AvgIpc) is 2.88. The van der Waals surface area contributed by atoms with Gasteiger partial charge in [0.15, 0.2) is 0 Å². The molecule has 0 aromatic heterocycles. The van der Waals surface area contributed by atoms with Gasteiger partial charge in [0, 0.05) is 33.9 Å². The van der Waals surface area contributed by atoms with Gasteiger partial charge in [-0.2, -0.15) is 0 Å². The molecule has 216 valence electrons. The number of esters is 1. The first-order chi connectivity index (χ1) is 17.9. The first kappa shape index (κ1) is 32.8. The van der Waals surface area contributed by atoms with Crippen LogP contribution in [0.2, 0.25) is 0 Å². The number of aliphatic hydroxyl groups excluding tert-OH is 3. The Morgan fingerprint density at radius 2 is 2.03 bits per heavy atom. The van der Waals surface area contributed by atoms with Crippen LogP contribution in [0.1, 0.15) is 59.3 Å². The Balaban J connectivity index is 2.20. The van der Waals surface area contributed by atoms with Crippen molar-refractivity contribution in [2.75, 3.05) is 6.61 Å². The van der Waals surface area contributed by atoms with Crippen LogP contribution in [0.4, 0.5) is 0 Å². The molecule has 10 unspecified atom stereocenters. The summed E-state index contributed by atoms with van der Waals surface area (Å²) in [6.07, 6.45) is 15.0. The third kappa shape index (κ3) is 9.96. The maximum absolute atomic E-state index is 11.9. The number of cyclic esters (lactones) is 1. The average molecular weight is 556 g/mol. The Morgan fingerprint density at radius 1 is 1.29 bits per heavy atom. The van der Waals surface area contributed by atoms with Gasteiger partial charge in [0.1, 0.15) is 17.4 Å². The molecule has 0 spiro atoms. The minimum atomic E-state index is -1.78. The van der Waals surface area contributed by atoms with Crippen LogP contribution in [0.3, 0.4) is 0 Å². The molecule has 38 heavy (non-hydrogen) atoms. The molecule has 1 saturated carbocycles. The van der Waals surface area contributed by atoms with Gasteiger partial charge in [-0.05, 0) is 57.6 Å². The van der Waals surface area contributed by atoms with E-state index < -0.39 is 48.3 Å². The number of aliphatic hydroxyl groups is 5. The van der Waals surface area contributed by atoms with Gasteiger partial charge in [0.25, 0.3) is 0 Å². The second kappa shape index (κ2) is 15.4. The van der Waals surface area contributed by atoms with Crippen LogP contribution in [0.25, 0.3) is 0 Å². The van der Waals surface area contributed by atoms with E-state index in [1.807, 2.05) is 19.1 Å². The lowest BCUT2D eigenvalue weighted by Crippen LogP contribution is -2.62. The summed E-state index contributed by atoms with van der Waals surface area (Å²) in [5, 5.41) is 55.1. The van der Waals surface area contributed by atoms with Crippen molar-refractivity contribution in [3.05, 3.63) is 48.6 Å². The fourth-order valence-electron chi connectivity index (χ4n) is 4.97. The van der Waals surface area contributed by atoms with Crippen molar-refractivity contribution in [2.45, 2.75) is 101 Å². The lowest BCUT2D eigenvalue weighted by atomic mass is 9.83. The number of carbonyl (C=O) groups is 1. The van der Waals surface area contributed by atoms with Gasteiger partial charge in [0.05, 0.1) is 24.9 Å². The fourth-order valence-corrected chi connectivity index (χ4v) is 5.30. The third-order valence-electron chi connectivity index (χ3n) is 7.36. The van der Waals surface area contributed by atoms with E-state index in [2.05, 4.69) is 14.8 Å². The summed E-state index contributed by atoms with van der Waals surface area (Å²) >= 11 is 0. The summed E-state index contributed by atoms with van der Waals surface area (Å²) in [5.74, 6) is -0.240. The Kier molecular flexibility index (Phi) is 13.3. The Hall–Kier alpha value is -1.42. The summed E-state index contributed by atoms with van der Waals surface area (Å²) in [4.78, 5) is 11.8. The standard InChI is InChI=1S/C28H46NO8P/c1-4-21-12-13-26(33)36-24(21)14-15-28(35,19(2)29-27(3,34)18-30)25(37-38)17-23(32)10-6-5-8-20-9-7-11-22(31)16-20/h5-6,8,10,12-15,19-25,29-32,34-35H,4,7,9,11,16-18,38H2,1-3H3. The van der Waals surface area contributed by atoms with Gasteiger partial charge >= 0.3 is 5.97 Å². The topological polar surface area (TPSA) is 149 Å². The number of carbonyl (C=O) groups excluding carboxylic acids is 1. The molecule has 0 aromatic rings. The summed E-state index contributed by atoms with van der Waals surface area (Å²) in [7, 11) is 2.11. The summed E-state index contributed by atoms with van der Waals surface area (Å²) in [5.41, 5.74) is -3.47. The number of allylic oxidation sites excluding steroid dienone is 3. The van der Waals surface area contributed by atoms with Crippen molar-refractivity contribution in [2.24, 2.45) is 11.8 Å². The molecule has 10 heteroatoms. The maximum atomic E-state index is 11.9. The van der Waals surface area contributed by atoms with E-state index in [1.165, 1.54) is 19.1 Å². The largest absolute Gasteiger partial charge is 0.454 e. The molecule has 9 nitrogen and oxygen atoms in total. The summed E-state index contributed by atoms with van der Waals surface area (Å²) in [6, 6.07) is -0.852. The fraction of sp³-hybridized carbons (Fsp3) is 0.679. The number of rotatable bonds is 14. The van der Waals surface area contributed by atoms with Crippen LogP contribution in [-0.2, 0) is 14.1 Å². The zero-order valence-corrected chi connectivity index (χ0v) is 23.8. The van der Waals surface area contributed by atoms with E-state index in [4.69, 9.17) is 9.26 Å². The minimum Gasteiger partial charge on any atom is -0.454 e. The van der Waals surface area contributed by atoms with Crippen LogP contribution in [-0.4, -0.2) is 79.9 Å². The highest BCUT2D eigenvalue weighted by atomic mass is 31.0. The molecule has 1 fully saturated rings. The molecule has 1 aliphatic heterocycles. The lowest BCUT2D eigenvalue weighted by Gasteiger charge is -2.41. The summed E-state index contributed by atoms with van der Waals surface area (Å²) < 4.78 is 11.0. The monoisotopic (exact) mass is 555 g/mol. The highest BCUT2D eigenvalue weighted by Gasteiger charge is 2.43. The SMILES string of the molecule is CCC1C=CC(=O)OC1C=CC(O)(C(C)NC(C)(O)CO)C(CC(O)C=CC=CC1CCCC(O)C1)OP. The van der Waals surface area contributed by atoms with E-state index in [0.717, 1.165) is 25.7 Å². The van der Waals surface area contributed by atoms with Gasteiger partial charge < -0.3 is 34.8 Å². The van der Waals surface area contributed by atoms with E-state index in [-0.39, 0.29) is 18.4 Å². The molecule has 1 aliphatic carbocycles. The Bertz CT molecular complexity index is 860. The molecule has 10 atom stereocenters. The molecular formula is C28H46NO8P. The molecule has 2 rings (SSSR count). The maximum Gasteiger partial charge on any atom is 0.331 e. The van der Waals surface area contributed by atoms with Crippen molar-refractivity contribution in [3.8, 4) is 0 Å². The van der Waals surface area contributed by atoms with E-state index in [9.17, 15) is 30.3 Å². The third-order valence-corrected chi connectivity index (χ3v) is 7.69. The molecule has 0 radical (unpaired) electrons. The van der Waals surface area contributed by atoms with E-state index >= 15 is 0 Å². The number of hydrogen-bond donors (Lipinski definition) is 6. The highest BCUT2D eigenvalue weighted by molar-refractivity contribution is 7.09. The van der Waals surface area contributed by atoms with E-state index in [0.29, 0.717) is 12.3 Å². The normalized spacial score (nSPS) is 30.3. The molecular weight excluding hydrogens is 509 g/mol. The van der Waals surface area contributed by atoms with Crippen molar-refractivity contribution in [3.63, 3.8) is 0 Å². The van der Waals surface area contributed by atoms with Crippen molar-refractivity contribution in [1.29, 1.82) is 0 Å². The summed E-state index contributed by atoms with van der Waals surface area (Å²) in [6.45, 7) is 4.37. The zero-order chi connectivity index (χ0) is 28.3. The van der Waals surface area contributed by atoms with Gasteiger partial charge in [0.2, 0.25) is 0 Å². The minimum absolute atomic E-state index is 0.00563. The Labute approximate surface area is 228 Å². The van der Waals surface area contributed by atoms with Gasteiger partial charge in [-0.3, -0.25) is 5.32 Å². The van der Waals surface area contributed by atoms with Crippen LogP contribution < -0.4 is 5.32 Å². The predicted octanol–water partition coefficient (Wildman–Crippen LogP) is 2.05. The molecule has 0 bridgehead atoms. The van der Waals surface area contributed by atoms with Crippen molar-refractivity contribution >= 4 is 15.4 Å². The second-order valence-corrected chi connectivity index (χ2v) is 10.9. The van der Waals surface area contributed by atoms with E-state index in [1.54, 1.807) is 31.2 Å². The van der Waals surface area contributed by atoms with Crippen LogP contribution in [0.15, 0.2) is 48.6 Å². The first-order valence-corrected chi connectivity index (χ1v) is 13.9. The molecule has 1 heterocycles. The number of nitrogens with one attached hydrogen (secondary N) is 1. The van der Waals surface area contributed by atoms with Crippen molar-refractivity contribution < 1.29 is 39.6 Å². The molecule has 2 aliphatic rings. The molecule has 0 aromatic carbocycles. The second-order valence-electron chi connectivity index (χ2n) is 10.7. The quantitative estimate of drug-likeness (QED) is 0.0623. The Morgan fingerprint density at radius 3 is 2.66 bits per heavy atom. The lowest BCUT2D eigenvalue weighted by molar-refractivity contribution is -0.143. The van der Waals surface area contributed by atoms with Crippen LogP contribution in [0.5, 0.6) is 0 Å². The molecule has 0 amide bonds. The molecule has 0 saturated heterocycles. The van der Waals surface area contributed by atoms with Gasteiger partial charge in [-0.25, -0.2) is 4.79 Å². The first-order valence-electron chi connectivity index (χ1n) is 13.4. The number of ether oxygens (including phenoxy) is 1. The predicted molar refractivity (Wildman–Crippen MR) is 149 cm³/mol. The van der Waals surface area contributed by atoms with Gasteiger partial charge in [-0.15, -0.1) is 0 Å². The molecule has 6 N–H and O–H groups in total. The number of hydrogen-bond acceptors (Lipinski definition) is 9. The van der Waals surface area contributed by atoms with Crippen LogP contribution >= 0.6 is 9.47 Å². The highest BCUT2D eigenvalue weighted by Crippen LogP contribution is 2.30. The smallest absolute Gasteiger partial charge is 0.331 e. The van der Waals surface area contributed by atoms with Crippen LogP contribution in [0, 0.1) is 11.8 Å². The zero-order valence-electron chi connectivity index (χ0n) is 22.6. The van der Waals surface area contributed by atoms with Gasteiger partial charge in [-0.1, -0.05) is 43.7 Å².